The summed E-state index contributed by atoms with van der Waals surface area (Å²) in [5, 5.41) is 7.01. The van der Waals surface area contributed by atoms with Gasteiger partial charge in [-0.15, -0.1) is 0 Å². The Balaban J connectivity index is 1.97. The van der Waals surface area contributed by atoms with Crippen LogP contribution in [0.25, 0.3) is 5.65 Å². The van der Waals surface area contributed by atoms with Crippen molar-refractivity contribution < 1.29 is 8.42 Å². The number of H-pyrrole nitrogens is 1. The Morgan fingerprint density at radius 1 is 1.26 bits per heavy atom. The van der Waals surface area contributed by atoms with Gasteiger partial charge in [0.2, 0.25) is 10.0 Å². The molecule has 3 heterocycles. The van der Waals surface area contributed by atoms with Crippen LogP contribution in [-0.2, 0) is 22.5 Å². The Morgan fingerprint density at radius 2 is 1.93 bits per heavy atom. The maximum atomic E-state index is 12.7. The molecule has 9 nitrogen and oxygen atoms in total. The summed E-state index contributed by atoms with van der Waals surface area (Å²) in [5.74, 6) is 0. The van der Waals surface area contributed by atoms with Crippen molar-refractivity contribution in [3.8, 4) is 0 Å². The molecule has 1 atom stereocenters. The van der Waals surface area contributed by atoms with Gasteiger partial charge in [-0.2, -0.15) is 5.10 Å². The first-order chi connectivity index (χ1) is 12.4. The van der Waals surface area contributed by atoms with Gasteiger partial charge in [-0.3, -0.25) is 14.6 Å². The highest BCUT2D eigenvalue weighted by Gasteiger charge is 2.24. The first-order valence-electron chi connectivity index (χ1n) is 8.54. The zero-order valence-electron chi connectivity index (χ0n) is 16.2. The minimum atomic E-state index is -3.79. The van der Waals surface area contributed by atoms with E-state index in [1.54, 1.807) is 27.0 Å². The summed E-state index contributed by atoms with van der Waals surface area (Å²) in [4.78, 5) is 17.0. The van der Waals surface area contributed by atoms with Crippen LogP contribution in [0.15, 0.2) is 28.0 Å². The third-order valence-electron chi connectivity index (χ3n) is 4.53. The Labute approximate surface area is 157 Å². The topological polar surface area (TPSA) is 114 Å². The molecule has 0 aliphatic rings. The number of nitrogens with zero attached hydrogens (tertiary/aromatic N) is 4. The maximum absolute atomic E-state index is 12.7. The van der Waals surface area contributed by atoms with Gasteiger partial charge in [0.15, 0.2) is 5.65 Å². The quantitative estimate of drug-likeness (QED) is 0.697. The molecule has 10 heteroatoms. The second-order valence-electron chi connectivity index (χ2n) is 7.69. The number of aromatic amines is 1. The van der Waals surface area contributed by atoms with Gasteiger partial charge in [0.25, 0.3) is 5.56 Å². The summed E-state index contributed by atoms with van der Waals surface area (Å²) in [6.45, 7) is 9.40. The van der Waals surface area contributed by atoms with Gasteiger partial charge in [-0.05, 0) is 13.8 Å². The first-order valence-corrected chi connectivity index (χ1v) is 10.0. The molecule has 0 saturated carbocycles. The van der Waals surface area contributed by atoms with Crippen molar-refractivity contribution in [2.45, 2.75) is 51.0 Å². The lowest BCUT2D eigenvalue weighted by Crippen LogP contribution is -2.29. The number of hydrogen-bond acceptors (Lipinski definition) is 5. The van der Waals surface area contributed by atoms with Crippen LogP contribution < -0.4 is 10.3 Å². The number of sulfonamides is 1. The van der Waals surface area contributed by atoms with Crippen LogP contribution in [0.2, 0.25) is 0 Å². The van der Waals surface area contributed by atoms with Crippen molar-refractivity contribution in [3.05, 3.63) is 45.8 Å². The molecular formula is C17H24N6O3S. The van der Waals surface area contributed by atoms with E-state index in [4.69, 9.17) is 0 Å². The van der Waals surface area contributed by atoms with Crippen LogP contribution >= 0.6 is 0 Å². The number of hydrogen-bond donors (Lipinski definition) is 2. The van der Waals surface area contributed by atoms with Crippen molar-refractivity contribution in [3.63, 3.8) is 0 Å². The number of aromatic nitrogens is 5. The molecule has 0 saturated heterocycles. The molecule has 0 bridgehead atoms. The molecule has 0 fully saturated rings. The fourth-order valence-electron chi connectivity index (χ4n) is 2.71. The average molecular weight is 392 g/mol. The summed E-state index contributed by atoms with van der Waals surface area (Å²) >= 11 is 0. The number of fused-ring (bicyclic) bond motifs is 1. The van der Waals surface area contributed by atoms with Crippen LogP contribution in [0.3, 0.4) is 0 Å². The normalized spacial score (nSPS) is 14.0. The molecule has 27 heavy (non-hydrogen) atoms. The first kappa shape index (κ1) is 19.3. The van der Waals surface area contributed by atoms with Gasteiger partial charge in [0.05, 0.1) is 23.6 Å². The smallest absolute Gasteiger partial charge is 0.272 e. The van der Waals surface area contributed by atoms with E-state index >= 15 is 0 Å². The third-order valence-corrected chi connectivity index (χ3v) is 6.18. The summed E-state index contributed by atoms with van der Waals surface area (Å²) in [7, 11) is -2.12. The Bertz CT molecular complexity index is 1160. The van der Waals surface area contributed by atoms with Crippen molar-refractivity contribution in [1.82, 2.24) is 29.1 Å². The standard InChI is InChI=1S/C17H24N6O3S/c1-10(21-27(25,26)13-9-18-22(6)11(13)2)12-7-16(24)23-15(19-12)8-14(20-23)17(3,4)5/h7-10,20-21H,1-6H3. The monoisotopic (exact) mass is 392 g/mol. The van der Waals surface area contributed by atoms with Crippen molar-refractivity contribution in [1.29, 1.82) is 0 Å². The largest absolute Gasteiger partial charge is 0.293 e. The van der Waals surface area contributed by atoms with Gasteiger partial charge in [0, 0.05) is 30.3 Å². The molecule has 3 rings (SSSR count). The van der Waals surface area contributed by atoms with E-state index in [9.17, 15) is 13.2 Å². The summed E-state index contributed by atoms with van der Waals surface area (Å²) in [6, 6.07) is 2.46. The molecule has 1 unspecified atom stereocenters. The summed E-state index contributed by atoms with van der Waals surface area (Å²) in [5.41, 5.74) is 1.72. The van der Waals surface area contributed by atoms with E-state index in [0.717, 1.165) is 5.69 Å². The van der Waals surface area contributed by atoms with Gasteiger partial charge in [0.1, 0.15) is 4.90 Å². The molecule has 0 aromatic carbocycles. The van der Waals surface area contributed by atoms with Crippen LogP contribution in [0.5, 0.6) is 0 Å². The van der Waals surface area contributed by atoms with Gasteiger partial charge in [-0.25, -0.2) is 22.6 Å². The average Bonchev–Trinajstić information content (AvgIpc) is 3.11. The summed E-state index contributed by atoms with van der Waals surface area (Å²) < 4.78 is 30.7. The molecule has 0 radical (unpaired) electrons. The zero-order valence-corrected chi connectivity index (χ0v) is 17.0. The van der Waals surface area contributed by atoms with E-state index < -0.39 is 16.1 Å². The van der Waals surface area contributed by atoms with Crippen molar-refractivity contribution in [2.24, 2.45) is 7.05 Å². The van der Waals surface area contributed by atoms with E-state index in [2.05, 4.69) is 19.9 Å². The second-order valence-corrected chi connectivity index (χ2v) is 9.38. The fourth-order valence-corrected chi connectivity index (χ4v) is 4.13. The van der Waals surface area contributed by atoms with E-state index in [-0.39, 0.29) is 15.9 Å². The minimum absolute atomic E-state index is 0.103. The molecule has 0 amide bonds. The molecule has 0 aliphatic heterocycles. The molecule has 3 aromatic heterocycles. The van der Waals surface area contributed by atoms with E-state index in [1.165, 1.54) is 21.5 Å². The van der Waals surface area contributed by atoms with Crippen LogP contribution in [-0.4, -0.2) is 32.8 Å². The highest BCUT2D eigenvalue weighted by Crippen LogP contribution is 2.22. The van der Waals surface area contributed by atoms with Crippen molar-refractivity contribution in [2.75, 3.05) is 0 Å². The Kier molecular flexibility index (Phi) is 4.51. The van der Waals surface area contributed by atoms with Gasteiger partial charge >= 0.3 is 0 Å². The zero-order chi connectivity index (χ0) is 20.1. The molecule has 0 spiro atoms. The van der Waals surface area contributed by atoms with Gasteiger partial charge in [-0.1, -0.05) is 20.8 Å². The lowest BCUT2D eigenvalue weighted by atomic mass is 9.93. The molecule has 2 N–H and O–H groups in total. The van der Waals surface area contributed by atoms with E-state index in [1.807, 2.05) is 20.8 Å². The number of rotatable bonds is 4. The third kappa shape index (κ3) is 3.54. The predicted molar refractivity (Wildman–Crippen MR) is 101 cm³/mol. The Hall–Kier alpha value is -2.46. The van der Waals surface area contributed by atoms with Gasteiger partial charge < -0.3 is 0 Å². The number of nitrogens with one attached hydrogen (secondary N) is 2. The highest BCUT2D eigenvalue weighted by atomic mass is 32.2. The fraction of sp³-hybridized carbons (Fsp3) is 0.471. The lowest BCUT2D eigenvalue weighted by Gasteiger charge is -2.14. The lowest BCUT2D eigenvalue weighted by molar-refractivity contribution is 0.559. The van der Waals surface area contributed by atoms with Crippen LogP contribution in [0, 0.1) is 6.92 Å². The predicted octanol–water partition coefficient (Wildman–Crippen LogP) is 1.40. The molecule has 3 aromatic rings. The maximum Gasteiger partial charge on any atom is 0.272 e. The molecular weight excluding hydrogens is 368 g/mol. The molecule has 0 aliphatic carbocycles. The minimum Gasteiger partial charge on any atom is -0.293 e. The number of aryl methyl sites for hydroxylation is 1. The molecule has 146 valence electrons. The second kappa shape index (κ2) is 6.31. The van der Waals surface area contributed by atoms with Crippen molar-refractivity contribution >= 4 is 15.7 Å². The Morgan fingerprint density at radius 3 is 2.48 bits per heavy atom. The van der Waals surface area contributed by atoms with E-state index in [0.29, 0.717) is 17.0 Å². The highest BCUT2D eigenvalue weighted by molar-refractivity contribution is 7.89. The summed E-state index contributed by atoms with van der Waals surface area (Å²) in [6.07, 6.45) is 1.30. The van der Waals surface area contributed by atoms with Crippen LogP contribution in [0.1, 0.15) is 50.8 Å². The van der Waals surface area contributed by atoms with Crippen LogP contribution in [0.4, 0.5) is 0 Å². The SMILES string of the molecule is Cc1c(S(=O)(=O)NC(C)c2cc(=O)n3[nH]c(C(C)(C)C)cc3n2)cnn1C.